The fraction of sp³-hybridized carbons (Fsp3) is 0.833. The maximum Gasteiger partial charge on any atom is 0.269 e. The van der Waals surface area contributed by atoms with Crippen LogP contribution in [0.1, 0.15) is 12.8 Å². The first-order valence-electron chi connectivity index (χ1n) is 3.66. The van der Waals surface area contributed by atoms with E-state index in [0.29, 0.717) is 11.5 Å². The maximum atomic E-state index is 10.7. The Balaban J connectivity index is 2.87. The van der Waals surface area contributed by atoms with Crippen LogP contribution in [0.3, 0.4) is 0 Å². The standard InChI is InChI=1S/C6H12N2O4/c7-5(10)6(11)4(9)2-1-3-8(6)12/h4,9,11-12H,1-3H2,(H2,7,10). The minimum atomic E-state index is -2.32. The highest BCUT2D eigenvalue weighted by atomic mass is 16.6. The number of carbonyl (C=O) groups excluding carboxylic acids is 1. The van der Waals surface area contributed by atoms with Gasteiger partial charge in [-0.3, -0.25) is 4.79 Å². The molecule has 70 valence electrons. The molecule has 6 heteroatoms. The van der Waals surface area contributed by atoms with Crippen molar-refractivity contribution in [3.8, 4) is 0 Å². The Hall–Kier alpha value is -0.690. The molecule has 12 heavy (non-hydrogen) atoms. The van der Waals surface area contributed by atoms with Gasteiger partial charge in [0.15, 0.2) is 0 Å². The number of hydrogen-bond donors (Lipinski definition) is 4. The highest BCUT2D eigenvalue weighted by molar-refractivity contribution is 5.83. The van der Waals surface area contributed by atoms with Gasteiger partial charge in [-0.2, -0.15) is 0 Å². The van der Waals surface area contributed by atoms with Gasteiger partial charge in [-0.1, -0.05) is 0 Å². The zero-order valence-corrected chi connectivity index (χ0v) is 6.47. The zero-order chi connectivity index (χ0) is 9.35. The topological polar surface area (TPSA) is 107 Å². The fourth-order valence-corrected chi connectivity index (χ4v) is 1.27. The Kier molecular flexibility index (Phi) is 2.34. The second-order valence-electron chi connectivity index (χ2n) is 2.87. The van der Waals surface area contributed by atoms with Crippen LogP contribution in [0.25, 0.3) is 0 Å². The first-order valence-corrected chi connectivity index (χ1v) is 3.66. The van der Waals surface area contributed by atoms with Crippen LogP contribution in [0.15, 0.2) is 0 Å². The second kappa shape index (κ2) is 2.98. The van der Waals surface area contributed by atoms with Crippen LogP contribution < -0.4 is 5.73 Å². The third-order valence-electron chi connectivity index (χ3n) is 2.07. The molecule has 1 saturated heterocycles. The summed E-state index contributed by atoms with van der Waals surface area (Å²) in [6.45, 7) is 0.122. The van der Waals surface area contributed by atoms with Gasteiger partial charge in [0, 0.05) is 6.54 Å². The number of nitrogens with two attached hydrogens (primary N) is 1. The third-order valence-corrected chi connectivity index (χ3v) is 2.07. The number of rotatable bonds is 1. The Labute approximate surface area is 69.2 Å². The molecule has 0 spiro atoms. The van der Waals surface area contributed by atoms with E-state index in [2.05, 4.69) is 0 Å². The van der Waals surface area contributed by atoms with Crippen molar-refractivity contribution < 1.29 is 20.2 Å². The quantitative estimate of drug-likeness (QED) is 0.370. The van der Waals surface area contributed by atoms with Crippen LogP contribution in [0.5, 0.6) is 0 Å². The predicted molar refractivity (Wildman–Crippen MR) is 37.9 cm³/mol. The van der Waals surface area contributed by atoms with Gasteiger partial charge in [0.1, 0.15) is 6.10 Å². The van der Waals surface area contributed by atoms with Gasteiger partial charge >= 0.3 is 0 Å². The number of nitrogens with zero attached hydrogens (tertiary/aromatic N) is 1. The molecule has 1 aliphatic heterocycles. The number of hydroxylamine groups is 2. The average molecular weight is 176 g/mol. The molecule has 2 atom stereocenters. The molecule has 6 nitrogen and oxygen atoms in total. The van der Waals surface area contributed by atoms with Crippen LogP contribution >= 0.6 is 0 Å². The van der Waals surface area contributed by atoms with E-state index in [1.54, 1.807) is 0 Å². The van der Waals surface area contributed by atoms with E-state index in [1.165, 1.54) is 0 Å². The molecule has 0 saturated carbocycles. The number of carbonyl (C=O) groups is 1. The lowest BCUT2D eigenvalue weighted by molar-refractivity contribution is -0.294. The SMILES string of the molecule is NC(=O)C1(O)C(O)CCCN1O. The van der Waals surface area contributed by atoms with Crippen molar-refractivity contribution in [2.75, 3.05) is 6.54 Å². The average Bonchev–Trinajstić information content (AvgIpc) is 1.99. The van der Waals surface area contributed by atoms with E-state index < -0.39 is 17.7 Å². The molecule has 1 aliphatic rings. The Morgan fingerprint density at radius 1 is 1.67 bits per heavy atom. The van der Waals surface area contributed by atoms with Crippen molar-refractivity contribution in [2.24, 2.45) is 5.73 Å². The van der Waals surface area contributed by atoms with E-state index in [4.69, 9.17) is 10.9 Å². The van der Waals surface area contributed by atoms with E-state index >= 15 is 0 Å². The van der Waals surface area contributed by atoms with Crippen LogP contribution in [-0.2, 0) is 4.79 Å². The van der Waals surface area contributed by atoms with E-state index in [9.17, 15) is 15.0 Å². The first-order chi connectivity index (χ1) is 5.49. The van der Waals surface area contributed by atoms with Gasteiger partial charge in [0.05, 0.1) is 0 Å². The second-order valence-corrected chi connectivity index (χ2v) is 2.87. The number of amides is 1. The number of primary amides is 1. The fourth-order valence-electron chi connectivity index (χ4n) is 1.27. The minimum absolute atomic E-state index is 0.122. The van der Waals surface area contributed by atoms with Crippen molar-refractivity contribution in [2.45, 2.75) is 24.7 Å². The summed E-state index contributed by atoms with van der Waals surface area (Å²) >= 11 is 0. The maximum absolute atomic E-state index is 10.7. The normalized spacial score (nSPS) is 38.1. The van der Waals surface area contributed by atoms with Crippen molar-refractivity contribution in [3.63, 3.8) is 0 Å². The molecule has 0 bridgehead atoms. The van der Waals surface area contributed by atoms with Gasteiger partial charge in [-0.05, 0) is 12.8 Å². The third kappa shape index (κ3) is 1.18. The molecule has 0 aromatic rings. The van der Waals surface area contributed by atoms with Crippen LogP contribution in [-0.4, -0.2) is 44.8 Å². The van der Waals surface area contributed by atoms with Gasteiger partial charge in [-0.25, -0.2) is 0 Å². The summed E-state index contributed by atoms with van der Waals surface area (Å²) in [5.74, 6) is -1.14. The van der Waals surface area contributed by atoms with Crippen LogP contribution in [0.4, 0.5) is 0 Å². The largest absolute Gasteiger partial charge is 0.388 e. The van der Waals surface area contributed by atoms with Crippen molar-refractivity contribution >= 4 is 5.91 Å². The Morgan fingerprint density at radius 3 is 2.58 bits per heavy atom. The molecule has 5 N–H and O–H groups in total. The molecule has 0 aromatic carbocycles. The molecular weight excluding hydrogens is 164 g/mol. The van der Waals surface area contributed by atoms with Crippen molar-refractivity contribution in [3.05, 3.63) is 0 Å². The molecule has 1 amide bonds. The predicted octanol–water partition coefficient (Wildman–Crippen LogP) is -1.99. The van der Waals surface area contributed by atoms with Gasteiger partial charge < -0.3 is 21.2 Å². The summed E-state index contributed by atoms with van der Waals surface area (Å²) in [4.78, 5) is 10.7. The Bertz CT molecular complexity index is 186. The van der Waals surface area contributed by atoms with Gasteiger partial charge in [0.2, 0.25) is 5.72 Å². The zero-order valence-electron chi connectivity index (χ0n) is 6.47. The van der Waals surface area contributed by atoms with Crippen LogP contribution in [0, 0.1) is 0 Å². The van der Waals surface area contributed by atoms with Crippen molar-refractivity contribution in [1.82, 2.24) is 5.06 Å². The number of piperidine rings is 1. The van der Waals surface area contributed by atoms with E-state index in [1.807, 2.05) is 0 Å². The summed E-state index contributed by atoms with van der Waals surface area (Å²) < 4.78 is 0. The van der Waals surface area contributed by atoms with E-state index in [0.717, 1.165) is 0 Å². The van der Waals surface area contributed by atoms with E-state index in [-0.39, 0.29) is 13.0 Å². The highest BCUT2D eigenvalue weighted by Crippen LogP contribution is 2.23. The van der Waals surface area contributed by atoms with Crippen LogP contribution in [0.2, 0.25) is 0 Å². The van der Waals surface area contributed by atoms with Gasteiger partial charge in [-0.15, -0.1) is 5.06 Å². The lowest BCUT2D eigenvalue weighted by Crippen LogP contribution is -2.65. The minimum Gasteiger partial charge on any atom is -0.388 e. The molecule has 1 fully saturated rings. The van der Waals surface area contributed by atoms with Gasteiger partial charge in [0.25, 0.3) is 5.91 Å². The Morgan fingerprint density at radius 2 is 2.25 bits per heavy atom. The highest BCUT2D eigenvalue weighted by Gasteiger charge is 2.49. The molecule has 0 aliphatic carbocycles. The molecule has 2 unspecified atom stereocenters. The molecule has 0 radical (unpaired) electrons. The lowest BCUT2D eigenvalue weighted by Gasteiger charge is -2.39. The number of aliphatic hydroxyl groups is 2. The summed E-state index contributed by atoms with van der Waals surface area (Å²) in [6.07, 6.45) is -0.572. The van der Waals surface area contributed by atoms with Crippen molar-refractivity contribution in [1.29, 1.82) is 0 Å². The number of hydrogen-bond acceptors (Lipinski definition) is 5. The lowest BCUT2D eigenvalue weighted by atomic mass is 9.96. The molecule has 0 aromatic heterocycles. The molecule has 1 heterocycles. The summed E-state index contributed by atoms with van der Waals surface area (Å²) in [7, 11) is 0. The smallest absolute Gasteiger partial charge is 0.269 e. The first kappa shape index (κ1) is 9.40. The summed E-state index contributed by atoms with van der Waals surface area (Å²) in [6, 6.07) is 0. The number of aliphatic hydroxyl groups excluding tert-OH is 1. The molecule has 1 rings (SSSR count). The summed E-state index contributed by atoms with van der Waals surface area (Å²) in [5, 5.41) is 28.1. The summed E-state index contributed by atoms with van der Waals surface area (Å²) in [5.41, 5.74) is 2.51. The monoisotopic (exact) mass is 176 g/mol. The molecular formula is C6H12N2O4.